The lowest BCUT2D eigenvalue weighted by Crippen LogP contribution is -2.50. The number of rotatable bonds is 3. The number of aliphatic hydroxyl groups is 1. The van der Waals surface area contributed by atoms with E-state index in [9.17, 15) is 5.11 Å². The largest absolute Gasteiger partial charge is 0.394 e. The molecule has 4 heteroatoms. The molecule has 2 rings (SSSR count). The van der Waals surface area contributed by atoms with Crippen LogP contribution in [0, 0.1) is 0 Å². The monoisotopic (exact) mass is 240 g/mol. The summed E-state index contributed by atoms with van der Waals surface area (Å²) < 4.78 is 0. The fourth-order valence-electron chi connectivity index (χ4n) is 2.07. The Bertz CT molecular complexity index is 333. The van der Waals surface area contributed by atoms with Crippen LogP contribution >= 0.6 is 11.6 Å². The van der Waals surface area contributed by atoms with Gasteiger partial charge in [0.15, 0.2) is 0 Å². The number of aliphatic hydroxyl groups excluding tert-OH is 1. The Morgan fingerprint density at radius 3 is 2.44 bits per heavy atom. The first kappa shape index (κ1) is 11.7. The van der Waals surface area contributed by atoms with E-state index in [1.807, 2.05) is 24.3 Å². The average Bonchev–Trinajstić information content (AvgIpc) is 2.33. The van der Waals surface area contributed by atoms with Crippen LogP contribution in [0.1, 0.15) is 12.8 Å². The zero-order valence-corrected chi connectivity index (χ0v) is 9.93. The van der Waals surface area contributed by atoms with Crippen molar-refractivity contribution in [1.29, 1.82) is 0 Å². The molecule has 0 atom stereocenters. The van der Waals surface area contributed by atoms with Crippen molar-refractivity contribution in [2.24, 2.45) is 0 Å². The lowest BCUT2D eigenvalue weighted by Gasteiger charge is -2.37. The van der Waals surface area contributed by atoms with E-state index in [4.69, 9.17) is 11.6 Å². The molecule has 3 nitrogen and oxygen atoms in total. The van der Waals surface area contributed by atoms with Crippen LogP contribution in [-0.2, 0) is 0 Å². The molecule has 0 aliphatic carbocycles. The minimum atomic E-state index is -0.181. The fourth-order valence-corrected chi connectivity index (χ4v) is 2.19. The summed E-state index contributed by atoms with van der Waals surface area (Å²) in [6, 6.07) is 7.61. The number of anilines is 1. The first-order chi connectivity index (χ1) is 7.74. The molecule has 0 unspecified atom stereocenters. The second-order valence-corrected chi connectivity index (χ2v) is 4.76. The van der Waals surface area contributed by atoms with Crippen LogP contribution in [0.2, 0.25) is 5.02 Å². The highest BCUT2D eigenvalue weighted by Gasteiger charge is 2.30. The number of piperidine rings is 1. The molecule has 0 radical (unpaired) electrons. The van der Waals surface area contributed by atoms with E-state index in [-0.39, 0.29) is 12.1 Å². The van der Waals surface area contributed by atoms with Crippen LogP contribution in [-0.4, -0.2) is 30.3 Å². The molecule has 1 aromatic carbocycles. The second-order valence-electron chi connectivity index (χ2n) is 4.32. The van der Waals surface area contributed by atoms with Gasteiger partial charge in [-0.3, -0.25) is 0 Å². The van der Waals surface area contributed by atoms with Crippen LogP contribution in [0.3, 0.4) is 0 Å². The third-order valence-corrected chi connectivity index (χ3v) is 3.37. The summed E-state index contributed by atoms with van der Waals surface area (Å²) in [6.45, 7) is 2.06. The summed E-state index contributed by atoms with van der Waals surface area (Å²) in [4.78, 5) is 0. The summed E-state index contributed by atoms with van der Waals surface area (Å²) in [5.41, 5.74) is 0.833. The van der Waals surface area contributed by atoms with Gasteiger partial charge in [-0.1, -0.05) is 11.6 Å². The molecule has 88 valence electrons. The van der Waals surface area contributed by atoms with Crippen LogP contribution in [0.25, 0.3) is 0 Å². The Morgan fingerprint density at radius 1 is 1.25 bits per heavy atom. The van der Waals surface area contributed by atoms with E-state index in [0.717, 1.165) is 36.6 Å². The van der Waals surface area contributed by atoms with E-state index in [1.54, 1.807) is 0 Å². The molecule has 1 aliphatic heterocycles. The number of nitrogens with one attached hydrogen (secondary N) is 2. The van der Waals surface area contributed by atoms with Gasteiger partial charge in [0, 0.05) is 10.7 Å². The third kappa shape index (κ3) is 2.67. The standard InChI is InChI=1S/C12H17ClN2O/c13-10-1-3-11(4-2-10)15-12(9-16)5-7-14-8-6-12/h1-4,14-16H,5-9H2. The molecular formula is C12H17ClN2O. The maximum Gasteiger partial charge on any atom is 0.0662 e. The third-order valence-electron chi connectivity index (χ3n) is 3.12. The summed E-state index contributed by atoms with van der Waals surface area (Å²) in [5.74, 6) is 0. The molecule has 0 amide bonds. The van der Waals surface area contributed by atoms with Gasteiger partial charge in [-0.25, -0.2) is 0 Å². The van der Waals surface area contributed by atoms with Gasteiger partial charge in [0.2, 0.25) is 0 Å². The van der Waals surface area contributed by atoms with Crippen molar-refractivity contribution in [2.75, 3.05) is 25.0 Å². The van der Waals surface area contributed by atoms with Crippen molar-refractivity contribution < 1.29 is 5.11 Å². The number of hydrogen-bond acceptors (Lipinski definition) is 3. The Labute approximate surface area is 101 Å². The smallest absolute Gasteiger partial charge is 0.0662 e. The summed E-state index contributed by atoms with van der Waals surface area (Å²) >= 11 is 5.84. The molecule has 0 bridgehead atoms. The SMILES string of the molecule is OCC1(Nc2ccc(Cl)cc2)CCNCC1. The maximum absolute atomic E-state index is 9.54. The predicted octanol–water partition coefficient (Wildman–Crippen LogP) is 1.87. The topological polar surface area (TPSA) is 44.3 Å². The Kier molecular flexibility index (Phi) is 3.69. The average molecular weight is 241 g/mol. The molecule has 1 aromatic rings. The highest BCUT2D eigenvalue weighted by molar-refractivity contribution is 6.30. The highest BCUT2D eigenvalue weighted by atomic mass is 35.5. The molecule has 1 heterocycles. The molecule has 3 N–H and O–H groups in total. The molecule has 1 saturated heterocycles. The summed E-state index contributed by atoms with van der Waals surface area (Å²) in [7, 11) is 0. The van der Waals surface area contributed by atoms with Crippen LogP contribution in [0.4, 0.5) is 5.69 Å². The van der Waals surface area contributed by atoms with Gasteiger partial charge in [-0.2, -0.15) is 0 Å². The molecular weight excluding hydrogens is 224 g/mol. The first-order valence-corrected chi connectivity index (χ1v) is 5.97. The Hall–Kier alpha value is -0.770. The van der Waals surface area contributed by atoms with E-state index in [1.165, 1.54) is 0 Å². The predicted molar refractivity (Wildman–Crippen MR) is 67.0 cm³/mol. The van der Waals surface area contributed by atoms with Gasteiger partial charge < -0.3 is 15.7 Å². The number of benzene rings is 1. The van der Waals surface area contributed by atoms with E-state index in [2.05, 4.69) is 10.6 Å². The van der Waals surface area contributed by atoms with Crippen LogP contribution in [0.5, 0.6) is 0 Å². The fraction of sp³-hybridized carbons (Fsp3) is 0.500. The van der Waals surface area contributed by atoms with Crippen molar-refractivity contribution in [3.05, 3.63) is 29.3 Å². The van der Waals surface area contributed by atoms with Gasteiger partial charge in [0.05, 0.1) is 12.1 Å². The molecule has 0 spiro atoms. The van der Waals surface area contributed by atoms with E-state index < -0.39 is 0 Å². The molecule has 16 heavy (non-hydrogen) atoms. The summed E-state index contributed by atoms with van der Waals surface area (Å²) in [6.07, 6.45) is 1.87. The Balaban J connectivity index is 2.08. The van der Waals surface area contributed by atoms with Crippen molar-refractivity contribution in [3.8, 4) is 0 Å². The molecule has 0 saturated carbocycles. The lowest BCUT2D eigenvalue weighted by atomic mass is 9.89. The van der Waals surface area contributed by atoms with Crippen molar-refractivity contribution in [1.82, 2.24) is 5.32 Å². The van der Waals surface area contributed by atoms with Gasteiger partial charge in [-0.15, -0.1) is 0 Å². The van der Waals surface area contributed by atoms with Gasteiger partial charge in [-0.05, 0) is 50.2 Å². The van der Waals surface area contributed by atoms with Crippen molar-refractivity contribution >= 4 is 17.3 Å². The molecule has 1 fully saturated rings. The quantitative estimate of drug-likeness (QED) is 0.756. The number of halogens is 1. The van der Waals surface area contributed by atoms with Crippen LogP contribution < -0.4 is 10.6 Å². The zero-order chi connectivity index (χ0) is 11.4. The van der Waals surface area contributed by atoms with Gasteiger partial charge >= 0.3 is 0 Å². The maximum atomic E-state index is 9.54. The van der Waals surface area contributed by atoms with Crippen LogP contribution in [0.15, 0.2) is 24.3 Å². The Morgan fingerprint density at radius 2 is 1.88 bits per heavy atom. The van der Waals surface area contributed by atoms with Crippen molar-refractivity contribution in [2.45, 2.75) is 18.4 Å². The minimum Gasteiger partial charge on any atom is -0.394 e. The summed E-state index contributed by atoms with van der Waals surface area (Å²) in [5, 5.41) is 17.0. The second kappa shape index (κ2) is 5.04. The highest BCUT2D eigenvalue weighted by Crippen LogP contribution is 2.24. The lowest BCUT2D eigenvalue weighted by molar-refractivity contribution is 0.179. The zero-order valence-electron chi connectivity index (χ0n) is 9.17. The van der Waals surface area contributed by atoms with Gasteiger partial charge in [0.25, 0.3) is 0 Å². The number of hydrogen-bond donors (Lipinski definition) is 3. The van der Waals surface area contributed by atoms with Gasteiger partial charge in [0.1, 0.15) is 0 Å². The minimum absolute atomic E-state index is 0.164. The first-order valence-electron chi connectivity index (χ1n) is 5.59. The van der Waals surface area contributed by atoms with E-state index >= 15 is 0 Å². The van der Waals surface area contributed by atoms with Crippen molar-refractivity contribution in [3.63, 3.8) is 0 Å². The molecule has 0 aromatic heterocycles. The normalized spacial score (nSPS) is 19.4. The molecule has 1 aliphatic rings. The van der Waals surface area contributed by atoms with E-state index in [0.29, 0.717) is 0 Å².